The van der Waals surface area contributed by atoms with E-state index in [1.54, 1.807) is 13.8 Å². The third-order valence-corrected chi connectivity index (χ3v) is 1.23. The van der Waals surface area contributed by atoms with Crippen molar-refractivity contribution in [2.45, 2.75) is 27.2 Å². The van der Waals surface area contributed by atoms with Gasteiger partial charge in [-0.1, -0.05) is 20.8 Å². The Kier molecular flexibility index (Phi) is 4.50. The normalized spacial score (nSPS) is 9.82. The predicted octanol–water partition coefficient (Wildman–Crippen LogP) is 1.62. The van der Waals surface area contributed by atoms with Crippen LogP contribution in [0.4, 0.5) is 0 Å². The molecule has 0 aliphatic carbocycles. The summed E-state index contributed by atoms with van der Waals surface area (Å²) in [5.41, 5.74) is 0.0541. The number of hydrogen-bond donors (Lipinski definition) is 1. The van der Waals surface area contributed by atoms with E-state index in [4.69, 9.17) is 10.1 Å². The molecule has 0 aromatic rings. The molecule has 0 aromatic heterocycles. The first-order valence-electron chi connectivity index (χ1n) is 3.85. The monoisotopic (exact) mass is 157 g/mol. The Morgan fingerprint density at radius 1 is 1.55 bits per heavy atom. The largest absolute Gasteiger partial charge is 0.461 e. The highest BCUT2D eigenvalue weighted by molar-refractivity contribution is 6.35. The first-order chi connectivity index (χ1) is 5.09. The maximum atomic E-state index is 10.9. The first kappa shape index (κ1) is 10.1. The zero-order valence-electron chi connectivity index (χ0n) is 7.31. The molecule has 11 heavy (non-hydrogen) atoms. The fraction of sp³-hybridized carbons (Fsp3) is 0.750. The van der Waals surface area contributed by atoms with Crippen LogP contribution in [-0.2, 0) is 9.53 Å². The molecule has 0 aromatic carbocycles. The van der Waals surface area contributed by atoms with Crippen molar-refractivity contribution in [2.75, 3.05) is 6.61 Å². The molecule has 64 valence electrons. The Morgan fingerprint density at radius 2 is 2.09 bits per heavy atom. The summed E-state index contributed by atoms with van der Waals surface area (Å²) in [6.45, 7) is 5.94. The second-order valence-corrected chi connectivity index (χ2v) is 2.70. The van der Waals surface area contributed by atoms with Crippen molar-refractivity contribution in [3.05, 3.63) is 0 Å². The lowest BCUT2D eigenvalue weighted by Crippen LogP contribution is -2.21. The van der Waals surface area contributed by atoms with Crippen LogP contribution in [0, 0.1) is 11.3 Å². The van der Waals surface area contributed by atoms with Gasteiger partial charge in [0.05, 0.1) is 6.61 Å². The van der Waals surface area contributed by atoms with Crippen molar-refractivity contribution in [2.24, 2.45) is 5.92 Å². The van der Waals surface area contributed by atoms with Gasteiger partial charge in [0.1, 0.15) is 5.71 Å². The van der Waals surface area contributed by atoms with Gasteiger partial charge in [-0.15, -0.1) is 0 Å². The zero-order chi connectivity index (χ0) is 8.85. The average molecular weight is 157 g/mol. The Morgan fingerprint density at radius 3 is 2.45 bits per heavy atom. The minimum atomic E-state index is -0.484. The maximum absolute atomic E-state index is 10.9. The van der Waals surface area contributed by atoms with Gasteiger partial charge in [-0.2, -0.15) is 0 Å². The van der Waals surface area contributed by atoms with Gasteiger partial charge in [-0.05, 0) is 6.42 Å². The summed E-state index contributed by atoms with van der Waals surface area (Å²) in [4.78, 5) is 10.9. The molecule has 0 unspecified atom stereocenters. The van der Waals surface area contributed by atoms with Crippen molar-refractivity contribution >= 4 is 11.7 Å². The quantitative estimate of drug-likeness (QED) is 0.498. The van der Waals surface area contributed by atoms with Gasteiger partial charge in [-0.25, -0.2) is 4.79 Å². The fourth-order valence-electron chi connectivity index (χ4n) is 0.508. The highest BCUT2D eigenvalue weighted by atomic mass is 16.5. The van der Waals surface area contributed by atoms with E-state index in [2.05, 4.69) is 0 Å². The molecule has 0 heterocycles. The van der Waals surface area contributed by atoms with Crippen molar-refractivity contribution in [1.29, 1.82) is 5.41 Å². The maximum Gasteiger partial charge on any atom is 0.352 e. The number of esters is 1. The van der Waals surface area contributed by atoms with Crippen LogP contribution in [0.15, 0.2) is 0 Å². The van der Waals surface area contributed by atoms with Crippen LogP contribution in [-0.4, -0.2) is 18.3 Å². The number of carbonyl (C=O) groups is 1. The van der Waals surface area contributed by atoms with Crippen molar-refractivity contribution < 1.29 is 9.53 Å². The van der Waals surface area contributed by atoms with Gasteiger partial charge >= 0.3 is 5.97 Å². The highest BCUT2D eigenvalue weighted by Crippen LogP contribution is 1.97. The molecule has 0 aliphatic heterocycles. The van der Waals surface area contributed by atoms with Gasteiger partial charge in [0.25, 0.3) is 0 Å². The second kappa shape index (κ2) is 4.88. The van der Waals surface area contributed by atoms with Crippen LogP contribution in [0.1, 0.15) is 27.2 Å². The fourth-order valence-corrected chi connectivity index (χ4v) is 0.508. The van der Waals surface area contributed by atoms with Crippen LogP contribution in [0.2, 0.25) is 0 Å². The lowest BCUT2D eigenvalue weighted by molar-refractivity contribution is -0.135. The van der Waals surface area contributed by atoms with Crippen LogP contribution in [0.5, 0.6) is 0 Å². The predicted molar refractivity (Wildman–Crippen MR) is 43.8 cm³/mol. The van der Waals surface area contributed by atoms with Crippen molar-refractivity contribution in [3.63, 3.8) is 0 Å². The summed E-state index contributed by atoms with van der Waals surface area (Å²) >= 11 is 0. The number of rotatable bonds is 4. The smallest absolute Gasteiger partial charge is 0.352 e. The molecular formula is C8H15NO2. The van der Waals surface area contributed by atoms with Gasteiger partial charge in [0.15, 0.2) is 0 Å². The van der Waals surface area contributed by atoms with E-state index in [1.807, 2.05) is 6.92 Å². The molecule has 0 aliphatic rings. The third-order valence-electron chi connectivity index (χ3n) is 1.23. The van der Waals surface area contributed by atoms with Gasteiger partial charge in [0.2, 0.25) is 0 Å². The van der Waals surface area contributed by atoms with E-state index < -0.39 is 5.97 Å². The molecule has 0 rings (SSSR count). The van der Waals surface area contributed by atoms with E-state index in [-0.39, 0.29) is 11.6 Å². The minimum Gasteiger partial charge on any atom is -0.461 e. The Bertz CT molecular complexity index is 152. The van der Waals surface area contributed by atoms with Gasteiger partial charge in [-0.3, -0.25) is 5.41 Å². The summed E-state index contributed by atoms with van der Waals surface area (Å²) in [7, 11) is 0. The van der Waals surface area contributed by atoms with E-state index in [0.717, 1.165) is 6.42 Å². The average Bonchev–Trinajstić information content (AvgIpc) is 1.98. The van der Waals surface area contributed by atoms with E-state index in [1.165, 1.54) is 0 Å². The van der Waals surface area contributed by atoms with Crippen molar-refractivity contribution in [3.8, 4) is 0 Å². The molecular weight excluding hydrogens is 142 g/mol. The number of hydrogen-bond acceptors (Lipinski definition) is 3. The van der Waals surface area contributed by atoms with Crippen molar-refractivity contribution in [1.82, 2.24) is 0 Å². The number of carbonyl (C=O) groups excluding carboxylic acids is 1. The summed E-state index contributed by atoms with van der Waals surface area (Å²) in [5.74, 6) is -0.527. The lowest BCUT2D eigenvalue weighted by Gasteiger charge is -2.06. The second-order valence-electron chi connectivity index (χ2n) is 2.70. The van der Waals surface area contributed by atoms with Gasteiger partial charge in [0, 0.05) is 5.92 Å². The SMILES string of the molecule is CCCOC(=O)C(=N)C(C)C. The van der Waals surface area contributed by atoms with Gasteiger partial charge < -0.3 is 4.74 Å². The van der Waals surface area contributed by atoms with E-state index in [0.29, 0.717) is 6.61 Å². The summed E-state index contributed by atoms with van der Waals surface area (Å²) in [6.07, 6.45) is 0.803. The van der Waals surface area contributed by atoms with E-state index in [9.17, 15) is 4.79 Å². The Hall–Kier alpha value is -0.860. The first-order valence-corrected chi connectivity index (χ1v) is 3.85. The molecule has 0 bridgehead atoms. The molecule has 3 nitrogen and oxygen atoms in total. The van der Waals surface area contributed by atoms with Crippen LogP contribution in [0.3, 0.4) is 0 Å². The molecule has 0 spiro atoms. The highest BCUT2D eigenvalue weighted by Gasteiger charge is 2.13. The molecule has 0 saturated heterocycles. The Labute approximate surface area is 67.3 Å². The third kappa shape index (κ3) is 3.75. The zero-order valence-corrected chi connectivity index (χ0v) is 7.31. The summed E-state index contributed by atoms with van der Waals surface area (Å²) in [6, 6.07) is 0. The Balaban J connectivity index is 3.75. The summed E-state index contributed by atoms with van der Waals surface area (Å²) in [5, 5.41) is 7.25. The standard InChI is InChI=1S/C8H15NO2/c1-4-5-11-8(10)7(9)6(2)3/h6,9H,4-5H2,1-3H3. The van der Waals surface area contributed by atoms with Crippen LogP contribution in [0.25, 0.3) is 0 Å². The number of nitrogens with one attached hydrogen (secondary N) is 1. The molecule has 0 atom stereocenters. The lowest BCUT2D eigenvalue weighted by atomic mass is 10.1. The summed E-state index contributed by atoms with van der Waals surface area (Å²) < 4.78 is 4.75. The van der Waals surface area contributed by atoms with Crippen LogP contribution < -0.4 is 0 Å². The van der Waals surface area contributed by atoms with Crippen LogP contribution >= 0.6 is 0 Å². The minimum absolute atomic E-state index is 0.0423. The molecule has 1 N–H and O–H groups in total. The molecule has 0 amide bonds. The number of ether oxygens (including phenoxy) is 1. The molecule has 0 saturated carbocycles. The molecule has 0 fully saturated rings. The topological polar surface area (TPSA) is 50.2 Å². The molecule has 0 radical (unpaired) electrons. The van der Waals surface area contributed by atoms with E-state index >= 15 is 0 Å². The molecule has 3 heteroatoms.